The molecule has 0 aliphatic rings. The van der Waals surface area contributed by atoms with Crippen LogP contribution in [0.4, 0.5) is 0 Å². The van der Waals surface area contributed by atoms with Gasteiger partial charge in [0.05, 0.1) is 16.3 Å². The second-order valence-corrected chi connectivity index (χ2v) is 11.5. The molecule has 0 unspecified atom stereocenters. The van der Waals surface area contributed by atoms with Gasteiger partial charge in [-0.25, -0.2) is 16.8 Å². The number of hydrogen-bond donors (Lipinski definition) is 0. The summed E-state index contributed by atoms with van der Waals surface area (Å²) in [7, 11) is -8.63. The Labute approximate surface area is 179 Å². The lowest BCUT2D eigenvalue weighted by atomic mass is 10.1. The van der Waals surface area contributed by atoms with Gasteiger partial charge in [-0.15, -0.1) is 0 Å². The molecule has 0 saturated heterocycles. The Morgan fingerprint density at radius 2 is 1.00 bits per heavy atom. The summed E-state index contributed by atoms with van der Waals surface area (Å²) in [5.74, 6) is 0. The van der Waals surface area contributed by atoms with Crippen LogP contribution in [0.1, 0.15) is 27.8 Å². The molecule has 0 aliphatic carbocycles. The van der Waals surface area contributed by atoms with Gasteiger partial charge in [-0.2, -0.15) is 0 Å². The normalized spacial score (nSPS) is 12.3. The summed E-state index contributed by atoms with van der Waals surface area (Å²) in [6.45, 7) is 7.13. The Morgan fingerprint density at radius 1 is 0.600 bits per heavy atom. The van der Waals surface area contributed by atoms with Gasteiger partial charge < -0.3 is 0 Å². The van der Waals surface area contributed by atoms with E-state index in [1.807, 2.05) is 45.9 Å². The van der Waals surface area contributed by atoms with Crippen molar-refractivity contribution in [2.45, 2.75) is 44.0 Å². The molecule has 3 rings (SSSR count). The highest BCUT2D eigenvalue weighted by Gasteiger charge is 2.37. The van der Waals surface area contributed by atoms with Gasteiger partial charge in [0, 0.05) is 0 Å². The van der Waals surface area contributed by atoms with Crippen molar-refractivity contribution in [2.75, 3.05) is 0 Å². The average Bonchev–Trinajstić information content (AvgIpc) is 2.69. The number of hydrogen-bond acceptors (Lipinski definition) is 4. The highest BCUT2D eigenvalue weighted by molar-refractivity contribution is 8.04. The highest BCUT2D eigenvalue weighted by atomic mass is 32.3. The predicted molar refractivity (Wildman–Crippen MR) is 118 cm³/mol. The first-order chi connectivity index (χ1) is 14.0. The molecule has 158 valence electrons. The van der Waals surface area contributed by atoms with Gasteiger partial charge in [0.15, 0.2) is 0 Å². The summed E-state index contributed by atoms with van der Waals surface area (Å²) >= 11 is 0. The SMILES string of the molecule is Cc1ccc(S(=O)(=O)N(Cc2cc(C)ccc2C)S(=O)(=O)c2ccc(C)cc2)cc1. The maximum Gasteiger partial charge on any atom is 0.256 e. The molecule has 0 atom stereocenters. The van der Waals surface area contributed by atoms with Gasteiger partial charge in [0.1, 0.15) is 0 Å². The smallest absolute Gasteiger partial charge is 0.206 e. The third-order valence-corrected chi connectivity index (χ3v) is 9.22. The molecule has 0 bridgehead atoms. The van der Waals surface area contributed by atoms with Crippen molar-refractivity contribution in [3.8, 4) is 0 Å². The number of nitrogens with zero attached hydrogens (tertiary/aromatic N) is 1. The Balaban J connectivity index is 2.19. The van der Waals surface area contributed by atoms with Crippen LogP contribution in [0.3, 0.4) is 0 Å². The van der Waals surface area contributed by atoms with Crippen LogP contribution in [0, 0.1) is 27.7 Å². The van der Waals surface area contributed by atoms with E-state index in [0.717, 1.165) is 22.3 Å². The summed E-state index contributed by atoms with van der Waals surface area (Å²) in [5.41, 5.74) is 4.16. The van der Waals surface area contributed by atoms with Crippen LogP contribution in [-0.2, 0) is 26.6 Å². The van der Waals surface area contributed by atoms with Crippen molar-refractivity contribution in [3.05, 3.63) is 94.5 Å². The molecular formula is C23H25NO4S2. The summed E-state index contributed by atoms with van der Waals surface area (Å²) in [4.78, 5) is -0.122. The van der Waals surface area contributed by atoms with E-state index in [-0.39, 0.29) is 16.3 Å². The Hall–Kier alpha value is -2.48. The molecule has 0 spiro atoms. The van der Waals surface area contributed by atoms with E-state index in [4.69, 9.17) is 0 Å². The monoisotopic (exact) mass is 443 g/mol. The quantitative estimate of drug-likeness (QED) is 0.562. The van der Waals surface area contributed by atoms with Gasteiger partial charge in [0.25, 0.3) is 20.0 Å². The molecule has 3 aromatic rings. The van der Waals surface area contributed by atoms with Crippen molar-refractivity contribution >= 4 is 20.0 Å². The molecule has 0 N–H and O–H groups in total. The van der Waals surface area contributed by atoms with Crippen LogP contribution in [0.25, 0.3) is 0 Å². The number of aryl methyl sites for hydroxylation is 4. The van der Waals surface area contributed by atoms with Crippen LogP contribution >= 0.6 is 0 Å². The van der Waals surface area contributed by atoms with E-state index in [2.05, 4.69) is 0 Å². The largest absolute Gasteiger partial charge is 0.256 e. The summed E-state index contributed by atoms with van der Waals surface area (Å²) < 4.78 is 54.5. The van der Waals surface area contributed by atoms with Gasteiger partial charge in [-0.05, 0) is 63.1 Å². The zero-order valence-electron chi connectivity index (χ0n) is 17.5. The maximum absolute atomic E-state index is 13.5. The third-order valence-electron chi connectivity index (χ3n) is 4.98. The Kier molecular flexibility index (Phi) is 6.17. The first kappa shape index (κ1) is 22.2. The number of benzene rings is 3. The minimum Gasteiger partial charge on any atom is -0.206 e. The standard InChI is InChI=1S/C23H25NO4S2/c1-17-6-11-22(12-7-17)29(25,26)24(16-21-15-19(3)5-10-20(21)4)30(27,28)23-13-8-18(2)9-14-23/h5-15H,16H2,1-4H3. The van der Waals surface area contributed by atoms with Crippen LogP contribution in [0.5, 0.6) is 0 Å². The molecule has 0 aliphatic heterocycles. The van der Waals surface area contributed by atoms with Crippen LogP contribution in [-0.4, -0.2) is 20.5 Å². The fourth-order valence-electron chi connectivity index (χ4n) is 3.06. The first-order valence-corrected chi connectivity index (χ1v) is 12.4. The first-order valence-electron chi connectivity index (χ1n) is 9.49. The fourth-order valence-corrected chi connectivity index (χ4v) is 6.66. The molecule has 0 fully saturated rings. The van der Waals surface area contributed by atoms with Crippen molar-refractivity contribution in [1.29, 1.82) is 0 Å². The minimum atomic E-state index is -4.32. The summed E-state index contributed by atoms with van der Waals surface area (Å²) in [5, 5.41) is 0. The lowest BCUT2D eigenvalue weighted by molar-refractivity contribution is 0.494. The zero-order valence-corrected chi connectivity index (χ0v) is 19.1. The lowest BCUT2D eigenvalue weighted by Crippen LogP contribution is -2.36. The second kappa shape index (κ2) is 8.34. The van der Waals surface area contributed by atoms with E-state index >= 15 is 0 Å². The molecule has 5 nitrogen and oxygen atoms in total. The van der Waals surface area contributed by atoms with E-state index in [0.29, 0.717) is 9.27 Å². The third kappa shape index (κ3) is 4.48. The van der Waals surface area contributed by atoms with Gasteiger partial charge >= 0.3 is 0 Å². The Bertz CT molecular complexity index is 1190. The van der Waals surface area contributed by atoms with Gasteiger partial charge in [-0.3, -0.25) is 0 Å². The zero-order chi connectivity index (χ0) is 22.1. The number of sulfonamides is 2. The lowest BCUT2D eigenvalue weighted by Gasteiger charge is -2.23. The van der Waals surface area contributed by atoms with Crippen molar-refractivity contribution in [3.63, 3.8) is 0 Å². The molecule has 7 heteroatoms. The fraction of sp³-hybridized carbons (Fsp3) is 0.217. The highest BCUT2D eigenvalue weighted by Crippen LogP contribution is 2.28. The van der Waals surface area contributed by atoms with Crippen LogP contribution in [0.2, 0.25) is 0 Å². The van der Waals surface area contributed by atoms with E-state index in [1.165, 1.54) is 24.3 Å². The molecule has 0 saturated carbocycles. The summed E-state index contributed by atoms with van der Waals surface area (Å²) in [6, 6.07) is 17.9. The molecule has 30 heavy (non-hydrogen) atoms. The van der Waals surface area contributed by atoms with Crippen molar-refractivity contribution in [1.82, 2.24) is 3.71 Å². The second-order valence-electron chi connectivity index (χ2n) is 7.50. The molecule has 0 amide bonds. The average molecular weight is 444 g/mol. The number of rotatable bonds is 6. The molecule has 0 aromatic heterocycles. The topological polar surface area (TPSA) is 71.5 Å². The molecule has 0 radical (unpaired) electrons. The predicted octanol–water partition coefficient (Wildman–Crippen LogP) is 4.50. The molecule has 0 heterocycles. The van der Waals surface area contributed by atoms with Crippen LogP contribution in [0.15, 0.2) is 76.5 Å². The van der Waals surface area contributed by atoms with Crippen molar-refractivity contribution < 1.29 is 16.8 Å². The van der Waals surface area contributed by atoms with E-state index in [1.54, 1.807) is 24.3 Å². The van der Waals surface area contributed by atoms with Gasteiger partial charge in [0.2, 0.25) is 0 Å². The van der Waals surface area contributed by atoms with E-state index in [9.17, 15) is 16.8 Å². The van der Waals surface area contributed by atoms with E-state index < -0.39 is 20.0 Å². The Morgan fingerprint density at radius 3 is 1.43 bits per heavy atom. The van der Waals surface area contributed by atoms with Crippen LogP contribution < -0.4 is 0 Å². The maximum atomic E-state index is 13.5. The molecule has 3 aromatic carbocycles. The summed E-state index contributed by atoms with van der Waals surface area (Å²) in [6.07, 6.45) is 0. The van der Waals surface area contributed by atoms with Gasteiger partial charge in [-0.1, -0.05) is 62.9 Å². The van der Waals surface area contributed by atoms with Crippen molar-refractivity contribution in [2.24, 2.45) is 0 Å². The molecular weight excluding hydrogens is 418 g/mol. The minimum absolute atomic E-state index is 0.0610.